The number of aromatic nitrogens is 2. The number of rotatable bonds is 1. The van der Waals surface area contributed by atoms with Gasteiger partial charge in [-0.25, -0.2) is 0 Å². The second-order valence-corrected chi connectivity index (χ2v) is 2.67. The zero-order valence-corrected chi connectivity index (χ0v) is 6.74. The molecule has 1 aromatic heterocycles. The highest BCUT2D eigenvalue weighted by Crippen LogP contribution is 2.21. The van der Waals surface area contributed by atoms with Gasteiger partial charge in [0.2, 0.25) is 5.88 Å². The summed E-state index contributed by atoms with van der Waals surface area (Å²) in [6, 6.07) is 8.99. The van der Waals surface area contributed by atoms with Crippen LogP contribution in [0.5, 0.6) is 5.88 Å². The molecule has 13 heavy (non-hydrogen) atoms. The summed E-state index contributed by atoms with van der Waals surface area (Å²) >= 11 is 0. The van der Waals surface area contributed by atoms with Crippen molar-refractivity contribution in [1.29, 1.82) is 0 Å². The van der Waals surface area contributed by atoms with Gasteiger partial charge in [-0.2, -0.15) is 0 Å². The molecule has 0 amide bonds. The van der Waals surface area contributed by atoms with Crippen LogP contribution in [0.15, 0.2) is 35.1 Å². The Morgan fingerprint density at radius 2 is 1.77 bits per heavy atom. The summed E-state index contributed by atoms with van der Waals surface area (Å²) in [4.78, 5) is 11.2. The summed E-state index contributed by atoms with van der Waals surface area (Å²) in [5.41, 5.74) is 0.659. The van der Waals surface area contributed by atoms with Gasteiger partial charge in [-0.3, -0.25) is 15.0 Å². The topological polar surface area (TPSA) is 68.9 Å². The van der Waals surface area contributed by atoms with Gasteiger partial charge in [0.05, 0.1) is 0 Å². The van der Waals surface area contributed by atoms with Crippen molar-refractivity contribution in [3.05, 3.63) is 40.7 Å². The first-order valence-corrected chi connectivity index (χ1v) is 3.84. The molecular formula is C9H8N2O2. The van der Waals surface area contributed by atoms with Crippen LogP contribution in [0.1, 0.15) is 0 Å². The predicted molar refractivity (Wildman–Crippen MR) is 48.5 cm³/mol. The molecule has 2 aromatic rings. The van der Waals surface area contributed by atoms with E-state index in [4.69, 9.17) is 0 Å². The SMILES string of the molecule is O=c1[nH][nH]c(O)c1-c1ccccc1. The Bertz CT molecular complexity index is 456. The van der Waals surface area contributed by atoms with Gasteiger partial charge in [0.15, 0.2) is 0 Å². The maximum absolute atomic E-state index is 11.2. The molecular weight excluding hydrogens is 168 g/mol. The molecule has 3 N–H and O–H groups in total. The van der Waals surface area contributed by atoms with Crippen molar-refractivity contribution in [1.82, 2.24) is 10.2 Å². The molecule has 0 aliphatic rings. The minimum absolute atomic E-state index is 0.129. The van der Waals surface area contributed by atoms with Gasteiger partial charge in [-0.15, -0.1) is 0 Å². The molecule has 0 aliphatic carbocycles. The van der Waals surface area contributed by atoms with Crippen molar-refractivity contribution in [2.75, 3.05) is 0 Å². The number of H-pyrrole nitrogens is 2. The van der Waals surface area contributed by atoms with Crippen molar-refractivity contribution in [2.45, 2.75) is 0 Å². The van der Waals surface area contributed by atoms with E-state index in [2.05, 4.69) is 10.2 Å². The van der Waals surface area contributed by atoms with Gasteiger partial charge in [0.1, 0.15) is 5.56 Å². The maximum Gasteiger partial charge on any atom is 0.275 e. The van der Waals surface area contributed by atoms with Crippen LogP contribution >= 0.6 is 0 Å². The molecule has 1 aromatic carbocycles. The van der Waals surface area contributed by atoms with Crippen LogP contribution in [0.3, 0.4) is 0 Å². The lowest BCUT2D eigenvalue weighted by Gasteiger charge is -1.94. The minimum Gasteiger partial charge on any atom is -0.493 e. The Labute approximate surface area is 73.8 Å². The number of hydrogen-bond donors (Lipinski definition) is 3. The number of hydrogen-bond acceptors (Lipinski definition) is 2. The summed E-state index contributed by atoms with van der Waals surface area (Å²) in [6.45, 7) is 0. The monoisotopic (exact) mass is 176 g/mol. The normalized spacial score (nSPS) is 10.2. The fourth-order valence-electron chi connectivity index (χ4n) is 1.22. The molecule has 0 unspecified atom stereocenters. The highest BCUT2D eigenvalue weighted by molar-refractivity contribution is 5.66. The zero-order chi connectivity index (χ0) is 9.26. The van der Waals surface area contributed by atoms with Crippen molar-refractivity contribution in [3.63, 3.8) is 0 Å². The summed E-state index contributed by atoms with van der Waals surface area (Å²) in [5, 5.41) is 14.0. The van der Waals surface area contributed by atoms with E-state index in [1.165, 1.54) is 0 Å². The van der Waals surface area contributed by atoms with E-state index in [0.717, 1.165) is 0 Å². The summed E-state index contributed by atoms with van der Waals surface area (Å²) < 4.78 is 0. The Balaban J connectivity index is 2.65. The third kappa shape index (κ3) is 1.22. The van der Waals surface area contributed by atoms with Gasteiger partial charge < -0.3 is 5.11 Å². The summed E-state index contributed by atoms with van der Waals surface area (Å²) in [7, 11) is 0. The van der Waals surface area contributed by atoms with E-state index < -0.39 is 0 Å². The molecule has 66 valence electrons. The molecule has 4 heteroatoms. The van der Waals surface area contributed by atoms with Crippen LogP contribution in [0, 0.1) is 0 Å². The zero-order valence-electron chi connectivity index (χ0n) is 6.74. The van der Waals surface area contributed by atoms with E-state index in [-0.39, 0.29) is 17.0 Å². The van der Waals surface area contributed by atoms with E-state index >= 15 is 0 Å². The average molecular weight is 176 g/mol. The molecule has 0 radical (unpaired) electrons. The van der Waals surface area contributed by atoms with Crippen molar-refractivity contribution < 1.29 is 5.11 Å². The largest absolute Gasteiger partial charge is 0.493 e. The molecule has 0 bridgehead atoms. The molecule has 0 aliphatic heterocycles. The number of nitrogens with one attached hydrogen (secondary N) is 2. The number of benzene rings is 1. The number of aromatic hydroxyl groups is 1. The third-order valence-corrected chi connectivity index (χ3v) is 1.82. The molecule has 0 spiro atoms. The van der Waals surface area contributed by atoms with Crippen molar-refractivity contribution in [2.24, 2.45) is 0 Å². The minimum atomic E-state index is -0.316. The first kappa shape index (κ1) is 7.67. The lowest BCUT2D eigenvalue weighted by atomic mass is 10.1. The van der Waals surface area contributed by atoms with Crippen LogP contribution in [0.25, 0.3) is 11.1 Å². The maximum atomic E-state index is 11.2. The Kier molecular flexibility index (Phi) is 1.66. The van der Waals surface area contributed by atoms with E-state index in [1.807, 2.05) is 6.07 Å². The first-order valence-electron chi connectivity index (χ1n) is 3.84. The molecule has 0 saturated heterocycles. The highest BCUT2D eigenvalue weighted by atomic mass is 16.3. The summed E-state index contributed by atoms with van der Waals surface area (Å²) in [5.74, 6) is -0.129. The lowest BCUT2D eigenvalue weighted by Crippen LogP contribution is -2.00. The molecule has 0 atom stereocenters. The fourth-order valence-corrected chi connectivity index (χ4v) is 1.22. The van der Waals surface area contributed by atoms with Gasteiger partial charge in [0, 0.05) is 0 Å². The third-order valence-electron chi connectivity index (χ3n) is 1.82. The van der Waals surface area contributed by atoms with Crippen molar-refractivity contribution >= 4 is 0 Å². The van der Waals surface area contributed by atoms with Crippen LogP contribution in [-0.4, -0.2) is 15.3 Å². The Hall–Kier alpha value is -1.97. The lowest BCUT2D eigenvalue weighted by molar-refractivity contribution is 0.454. The van der Waals surface area contributed by atoms with Crippen LogP contribution in [0.4, 0.5) is 0 Å². The Morgan fingerprint density at radius 1 is 1.08 bits per heavy atom. The average Bonchev–Trinajstić information content (AvgIpc) is 2.48. The van der Waals surface area contributed by atoms with Gasteiger partial charge in [-0.05, 0) is 5.56 Å². The first-order chi connectivity index (χ1) is 6.29. The molecule has 0 saturated carbocycles. The van der Waals surface area contributed by atoms with E-state index in [0.29, 0.717) is 5.56 Å². The van der Waals surface area contributed by atoms with E-state index in [1.54, 1.807) is 24.3 Å². The second-order valence-electron chi connectivity index (χ2n) is 2.67. The highest BCUT2D eigenvalue weighted by Gasteiger charge is 2.09. The quantitative estimate of drug-likeness (QED) is 0.608. The molecule has 0 fully saturated rings. The number of aromatic amines is 2. The van der Waals surface area contributed by atoms with E-state index in [9.17, 15) is 9.90 Å². The van der Waals surface area contributed by atoms with Gasteiger partial charge in [-0.1, -0.05) is 30.3 Å². The van der Waals surface area contributed by atoms with Gasteiger partial charge >= 0.3 is 0 Å². The van der Waals surface area contributed by atoms with Crippen LogP contribution in [0.2, 0.25) is 0 Å². The fraction of sp³-hybridized carbons (Fsp3) is 0. The van der Waals surface area contributed by atoms with Gasteiger partial charge in [0.25, 0.3) is 5.56 Å². The van der Waals surface area contributed by atoms with Crippen LogP contribution in [-0.2, 0) is 0 Å². The molecule has 4 nitrogen and oxygen atoms in total. The second kappa shape index (κ2) is 2.82. The predicted octanol–water partition coefficient (Wildman–Crippen LogP) is 1.08. The standard InChI is InChI=1S/C9H8N2O2/c12-8-7(9(13)11-10-8)6-4-2-1-3-5-6/h1-5H,(H3,10,11,12,13). The Morgan fingerprint density at radius 3 is 2.31 bits per heavy atom. The summed E-state index contributed by atoms with van der Waals surface area (Å²) in [6.07, 6.45) is 0. The molecule has 1 heterocycles. The molecule has 2 rings (SSSR count). The smallest absolute Gasteiger partial charge is 0.275 e. The van der Waals surface area contributed by atoms with Crippen molar-refractivity contribution in [3.8, 4) is 17.0 Å². The van der Waals surface area contributed by atoms with Crippen LogP contribution < -0.4 is 5.56 Å².